The first kappa shape index (κ1) is 16.9. The lowest BCUT2D eigenvalue weighted by molar-refractivity contribution is 0.0476. The van der Waals surface area contributed by atoms with Gasteiger partial charge in [-0.2, -0.15) is 0 Å². The Morgan fingerprint density at radius 1 is 1.21 bits per heavy atom. The van der Waals surface area contributed by atoms with Crippen molar-refractivity contribution in [3.63, 3.8) is 0 Å². The number of rotatable bonds is 3. The molecule has 2 N–H and O–H groups in total. The standard InChI is InChI=1S/C20H28N2O2/c1-20(2,3)24-19(23)22-18(14-9-5-4-6-10-14)16-13-21-17-12-8-7-11-15(16)17/h7-8,11-14,18,21H,4-6,9-10H2,1-3H3,(H,22,23)/t18-/m0/s1. The third kappa shape index (κ3) is 3.92. The number of hydrogen-bond donors (Lipinski definition) is 2. The van der Waals surface area contributed by atoms with Gasteiger partial charge in [0.2, 0.25) is 0 Å². The molecule has 1 aliphatic rings. The van der Waals surface area contributed by atoms with Gasteiger partial charge in [0.15, 0.2) is 0 Å². The van der Waals surface area contributed by atoms with Crippen molar-refractivity contribution < 1.29 is 9.53 Å². The molecule has 0 saturated heterocycles. The molecule has 1 fully saturated rings. The lowest BCUT2D eigenvalue weighted by atomic mass is 9.81. The van der Waals surface area contributed by atoms with Crippen molar-refractivity contribution in [1.82, 2.24) is 10.3 Å². The Bertz CT molecular complexity index is 693. The van der Waals surface area contributed by atoms with E-state index in [0.29, 0.717) is 5.92 Å². The zero-order chi connectivity index (χ0) is 17.2. The van der Waals surface area contributed by atoms with Crippen LogP contribution in [0.4, 0.5) is 4.79 Å². The Labute approximate surface area is 144 Å². The second kappa shape index (κ2) is 6.88. The zero-order valence-electron chi connectivity index (χ0n) is 14.9. The quantitative estimate of drug-likeness (QED) is 0.802. The summed E-state index contributed by atoms with van der Waals surface area (Å²) >= 11 is 0. The summed E-state index contributed by atoms with van der Waals surface area (Å²) in [4.78, 5) is 15.7. The number of ether oxygens (including phenoxy) is 1. The minimum atomic E-state index is -0.485. The van der Waals surface area contributed by atoms with Gasteiger partial charge in [-0.15, -0.1) is 0 Å². The number of nitrogens with one attached hydrogen (secondary N) is 2. The molecule has 1 saturated carbocycles. The van der Waals surface area contributed by atoms with Crippen LogP contribution in [0.5, 0.6) is 0 Å². The molecule has 24 heavy (non-hydrogen) atoms. The van der Waals surface area contributed by atoms with Gasteiger partial charge in [-0.3, -0.25) is 0 Å². The SMILES string of the molecule is CC(C)(C)OC(=O)N[C@H](c1c[nH]c2ccccc12)C1CCCCC1. The molecule has 0 radical (unpaired) electrons. The van der Waals surface area contributed by atoms with Crippen LogP contribution in [0.1, 0.15) is 64.5 Å². The van der Waals surface area contributed by atoms with Crippen molar-refractivity contribution in [3.05, 3.63) is 36.0 Å². The van der Waals surface area contributed by atoms with Crippen molar-refractivity contribution in [2.45, 2.75) is 64.5 Å². The van der Waals surface area contributed by atoms with Gasteiger partial charge in [-0.1, -0.05) is 37.5 Å². The molecule has 1 heterocycles. The normalized spacial score (nSPS) is 17.6. The lowest BCUT2D eigenvalue weighted by Crippen LogP contribution is -2.38. The summed E-state index contributed by atoms with van der Waals surface area (Å²) in [7, 11) is 0. The second-order valence-corrected chi connectivity index (χ2v) is 7.81. The van der Waals surface area contributed by atoms with Gasteiger partial charge < -0.3 is 15.0 Å². The molecule has 0 unspecified atom stereocenters. The van der Waals surface area contributed by atoms with Gasteiger partial charge in [0.25, 0.3) is 0 Å². The highest BCUT2D eigenvalue weighted by molar-refractivity contribution is 5.84. The van der Waals surface area contributed by atoms with Crippen molar-refractivity contribution in [3.8, 4) is 0 Å². The van der Waals surface area contributed by atoms with E-state index in [9.17, 15) is 4.79 Å². The number of para-hydroxylation sites is 1. The molecule has 2 aromatic rings. The minimum Gasteiger partial charge on any atom is -0.444 e. The van der Waals surface area contributed by atoms with Crippen LogP contribution in [0.3, 0.4) is 0 Å². The minimum absolute atomic E-state index is 0.00343. The number of fused-ring (bicyclic) bond motifs is 1. The van der Waals surface area contributed by atoms with Crippen molar-refractivity contribution >= 4 is 17.0 Å². The average molecular weight is 328 g/mol. The van der Waals surface area contributed by atoms with Gasteiger partial charge in [-0.05, 0) is 45.6 Å². The number of alkyl carbamates (subject to hydrolysis) is 1. The van der Waals surface area contributed by atoms with Crippen molar-refractivity contribution in [1.29, 1.82) is 0 Å². The van der Waals surface area contributed by atoms with E-state index < -0.39 is 5.60 Å². The summed E-state index contributed by atoms with van der Waals surface area (Å²) in [5, 5.41) is 4.34. The fraction of sp³-hybridized carbons (Fsp3) is 0.550. The Morgan fingerprint density at radius 3 is 2.62 bits per heavy atom. The Kier molecular flexibility index (Phi) is 4.83. The highest BCUT2D eigenvalue weighted by Crippen LogP contribution is 2.37. The number of aromatic nitrogens is 1. The first-order valence-corrected chi connectivity index (χ1v) is 8.99. The van der Waals surface area contributed by atoms with Gasteiger partial charge in [0, 0.05) is 22.7 Å². The van der Waals surface area contributed by atoms with Gasteiger partial charge in [0.05, 0.1) is 6.04 Å². The molecular weight excluding hydrogens is 300 g/mol. The molecular formula is C20H28N2O2. The maximum atomic E-state index is 12.4. The molecule has 4 nitrogen and oxygen atoms in total. The third-order valence-electron chi connectivity index (χ3n) is 4.75. The van der Waals surface area contributed by atoms with E-state index in [1.54, 1.807) is 0 Å². The van der Waals surface area contributed by atoms with E-state index in [0.717, 1.165) is 18.4 Å². The van der Waals surface area contributed by atoms with E-state index in [1.807, 2.05) is 39.1 Å². The molecule has 0 aliphatic heterocycles. The predicted octanol–water partition coefficient (Wildman–Crippen LogP) is 5.31. The number of H-pyrrole nitrogens is 1. The van der Waals surface area contributed by atoms with Crippen LogP contribution in [0.15, 0.2) is 30.5 Å². The molecule has 130 valence electrons. The van der Waals surface area contributed by atoms with Crippen LogP contribution < -0.4 is 5.32 Å². The highest BCUT2D eigenvalue weighted by atomic mass is 16.6. The summed E-state index contributed by atoms with van der Waals surface area (Å²) in [6, 6.07) is 8.26. The molecule has 0 spiro atoms. The summed E-state index contributed by atoms with van der Waals surface area (Å²) in [6.45, 7) is 5.69. The second-order valence-electron chi connectivity index (χ2n) is 7.81. The number of benzene rings is 1. The highest BCUT2D eigenvalue weighted by Gasteiger charge is 2.30. The van der Waals surface area contributed by atoms with E-state index in [2.05, 4.69) is 22.4 Å². The van der Waals surface area contributed by atoms with Crippen LogP contribution in [0.25, 0.3) is 10.9 Å². The Morgan fingerprint density at radius 2 is 1.92 bits per heavy atom. The monoisotopic (exact) mass is 328 g/mol. The van der Waals surface area contributed by atoms with Gasteiger partial charge in [0.1, 0.15) is 5.60 Å². The third-order valence-corrected chi connectivity index (χ3v) is 4.75. The van der Waals surface area contributed by atoms with E-state index in [1.165, 1.54) is 30.2 Å². The topological polar surface area (TPSA) is 54.1 Å². The van der Waals surface area contributed by atoms with Crippen LogP contribution >= 0.6 is 0 Å². The summed E-state index contributed by atoms with van der Waals surface area (Å²) in [5.74, 6) is 0.463. The number of aromatic amines is 1. The molecule has 1 aromatic carbocycles. The lowest BCUT2D eigenvalue weighted by Gasteiger charge is -2.31. The van der Waals surface area contributed by atoms with Crippen LogP contribution in [0.2, 0.25) is 0 Å². The largest absolute Gasteiger partial charge is 0.444 e. The maximum absolute atomic E-state index is 12.4. The van der Waals surface area contributed by atoms with Crippen molar-refractivity contribution in [2.75, 3.05) is 0 Å². The van der Waals surface area contributed by atoms with E-state index in [4.69, 9.17) is 4.74 Å². The Balaban J connectivity index is 1.88. The van der Waals surface area contributed by atoms with Crippen LogP contribution in [-0.4, -0.2) is 16.7 Å². The zero-order valence-corrected chi connectivity index (χ0v) is 14.9. The molecule has 0 bridgehead atoms. The molecule has 1 atom stereocenters. The summed E-state index contributed by atoms with van der Waals surface area (Å²) < 4.78 is 5.51. The molecule has 1 aliphatic carbocycles. The molecule has 4 heteroatoms. The fourth-order valence-corrected chi connectivity index (χ4v) is 3.70. The van der Waals surface area contributed by atoms with Crippen LogP contribution in [0, 0.1) is 5.92 Å². The van der Waals surface area contributed by atoms with Gasteiger partial charge >= 0.3 is 6.09 Å². The molecule has 1 aromatic heterocycles. The van der Waals surface area contributed by atoms with Gasteiger partial charge in [-0.25, -0.2) is 4.79 Å². The molecule has 3 rings (SSSR count). The predicted molar refractivity (Wildman–Crippen MR) is 97.0 cm³/mol. The van der Waals surface area contributed by atoms with Crippen molar-refractivity contribution in [2.24, 2.45) is 5.92 Å². The summed E-state index contributed by atoms with van der Waals surface area (Å²) in [5.41, 5.74) is 1.80. The Hall–Kier alpha value is -1.97. The first-order chi connectivity index (χ1) is 11.4. The van der Waals surface area contributed by atoms with Crippen LogP contribution in [-0.2, 0) is 4.74 Å². The number of carbonyl (C=O) groups excluding carboxylic acids is 1. The van der Waals surface area contributed by atoms with E-state index >= 15 is 0 Å². The maximum Gasteiger partial charge on any atom is 0.408 e. The number of amides is 1. The first-order valence-electron chi connectivity index (χ1n) is 8.99. The average Bonchev–Trinajstić information content (AvgIpc) is 2.96. The van der Waals surface area contributed by atoms with E-state index in [-0.39, 0.29) is 12.1 Å². The fourth-order valence-electron chi connectivity index (χ4n) is 3.70. The number of hydrogen-bond acceptors (Lipinski definition) is 2. The smallest absolute Gasteiger partial charge is 0.408 e. The molecule has 1 amide bonds. The summed E-state index contributed by atoms with van der Waals surface area (Å²) in [6.07, 6.45) is 7.78. The number of carbonyl (C=O) groups is 1.